The summed E-state index contributed by atoms with van der Waals surface area (Å²) in [4.78, 5) is 8.26. The number of aryl methyl sites for hydroxylation is 1. The van der Waals surface area contributed by atoms with E-state index >= 15 is 0 Å². The quantitative estimate of drug-likeness (QED) is 0.758. The predicted molar refractivity (Wildman–Crippen MR) is 72.1 cm³/mol. The van der Waals surface area contributed by atoms with Crippen LogP contribution in [0.1, 0.15) is 5.69 Å². The fourth-order valence-corrected chi connectivity index (χ4v) is 2.01. The number of rotatable bonds is 2. The second-order valence-electron chi connectivity index (χ2n) is 4.14. The first-order chi connectivity index (χ1) is 9.27. The molecule has 3 rings (SSSR count). The van der Waals surface area contributed by atoms with Crippen molar-refractivity contribution in [1.82, 2.24) is 15.1 Å². The average molecular weight is 252 g/mol. The Balaban J connectivity index is 2.23. The van der Waals surface area contributed by atoms with E-state index in [4.69, 9.17) is 10.3 Å². The Kier molecular flexibility index (Phi) is 2.72. The van der Waals surface area contributed by atoms with Crippen LogP contribution in [0.3, 0.4) is 0 Å². The molecule has 0 unspecified atom stereocenters. The van der Waals surface area contributed by atoms with E-state index in [0.29, 0.717) is 11.6 Å². The monoisotopic (exact) mass is 252 g/mol. The highest BCUT2D eigenvalue weighted by atomic mass is 16.5. The van der Waals surface area contributed by atoms with E-state index in [-0.39, 0.29) is 0 Å². The standard InChI is InChI=1S/C14H12N4O/c1-9-11(3-2-6-17-9)13-12(14(15)18-19-13)10-4-7-16-8-5-10/h2-8H,1H3,(H2,15,18). The maximum atomic E-state index is 5.92. The number of pyridine rings is 2. The largest absolute Gasteiger partial charge is 0.380 e. The topological polar surface area (TPSA) is 77.8 Å². The number of nitrogens with zero attached hydrogens (tertiary/aromatic N) is 3. The van der Waals surface area contributed by atoms with Crippen LogP contribution in [0.15, 0.2) is 47.4 Å². The minimum atomic E-state index is 0.365. The lowest BCUT2D eigenvalue weighted by atomic mass is 10.0. The minimum Gasteiger partial charge on any atom is -0.380 e. The molecule has 0 amide bonds. The molecule has 3 aromatic rings. The fourth-order valence-electron chi connectivity index (χ4n) is 2.01. The summed E-state index contributed by atoms with van der Waals surface area (Å²) in [5, 5.41) is 3.87. The number of anilines is 1. The predicted octanol–water partition coefficient (Wildman–Crippen LogP) is 2.69. The van der Waals surface area contributed by atoms with Crippen LogP contribution in [0, 0.1) is 6.92 Å². The number of nitrogen functional groups attached to an aromatic ring is 1. The van der Waals surface area contributed by atoms with E-state index in [2.05, 4.69) is 15.1 Å². The Labute approximate surface area is 110 Å². The third-order valence-electron chi connectivity index (χ3n) is 2.94. The zero-order chi connectivity index (χ0) is 13.2. The van der Waals surface area contributed by atoms with Crippen LogP contribution < -0.4 is 5.73 Å². The summed E-state index contributed by atoms with van der Waals surface area (Å²) in [7, 11) is 0. The normalized spacial score (nSPS) is 10.6. The molecule has 3 heterocycles. The third-order valence-corrected chi connectivity index (χ3v) is 2.94. The van der Waals surface area contributed by atoms with Gasteiger partial charge in [-0.25, -0.2) is 0 Å². The van der Waals surface area contributed by atoms with Crippen molar-refractivity contribution in [2.24, 2.45) is 0 Å². The molecule has 5 heteroatoms. The SMILES string of the molecule is Cc1ncccc1-c1onc(N)c1-c1ccncc1. The molecule has 0 aliphatic carbocycles. The molecule has 2 N–H and O–H groups in total. The van der Waals surface area contributed by atoms with Crippen molar-refractivity contribution in [3.63, 3.8) is 0 Å². The van der Waals surface area contributed by atoms with Gasteiger partial charge in [0.1, 0.15) is 0 Å². The molecule has 0 fully saturated rings. The Morgan fingerprint density at radius 1 is 1.11 bits per heavy atom. The Morgan fingerprint density at radius 3 is 2.63 bits per heavy atom. The Morgan fingerprint density at radius 2 is 1.89 bits per heavy atom. The van der Waals surface area contributed by atoms with E-state index in [9.17, 15) is 0 Å². The summed E-state index contributed by atoms with van der Waals surface area (Å²) in [6, 6.07) is 7.54. The van der Waals surface area contributed by atoms with Gasteiger partial charge < -0.3 is 10.3 Å². The smallest absolute Gasteiger partial charge is 0.178 e. The Hall–Kier alpha value is -2.69. The molecule has 0 aromatic carbocycles. The molecule has 19 heavy (non-hydrogen) atoms. The van der Waals surface area contributed by atoms with Gasteiger partial charge in [0.05, 0.1) is 5.56 Å². The summed E-state index contributed by atoms with van der Waals surface area (Å²) in [5.74, 6) is 0.999. The number of hydrogen-bond donors (Lipinski definition) is 1. The molecule has 94 valence electrons. The molecular weight excluding hydrogens is 240 g/mol. The van der Waals surface area contributed by atoms with Crippen LogP contribution in [-0.2, 0) is 0 Å². The highest BCUT2D eigenvalue weighted by Crippen LogP contribution is 2.36. The van der Waals surface area contributed by atoms with E-state index in [1.165, 1.54) is 0 Å². The molecule has 3 aromatic heterocycles. The van der Waals surface area contributed by atoms with Gasteiger partial charge in [0.2, 0.25) is 0 Å². The van der Waals surface area contributed by atoms with Gasteiger partial charge in [-0.2, -0.15) is 0 Å². The van der Waals surface area contributed by atoms with Crippen molar-refractivity contribution in [2.75, 3.05) is 5.73 Å². The van der Waals surface area contributed by atoms with Crippen LogP contribution in [0.5, 0.6) is 0 Å². The molecule has 0 aliphatic heterocycles. The number of nitrogens with two attached hydrogens (primary N) is 1. The molecule has 0 saturated carbocycles. The van der Waals surface area contributed by atoms with Crippen molar-refractivity contribution in [3.8, 4) is 22.5 Å². The zero-order valence-electron chi connectivity index (χ0n) is 10.4. The van der Waals surface area contributed by atoms with Gasteiger partial charge in [-0.1, -0.05) is 5.16 Å². The molecule has 0 spiro atoms. The Bertz CT molecular complexity index is 706. The second-order valence-corrected chi connectivity index (χ2v) is 4.14. The van der Waals surface area contributed by atoms with E-state index in [1.54, 1.807) is 18.6 Å². The van der Waals surface area contributed by atoms with Crippen molar-refractivity contribution >= 4 is 5.82 Å². The van der Waals surface area contributed by atoms with E-state index < -0.39 is 0 Å². The van der Waals surface area contributed by atoms with Gasteiger partial charge in [0.15, 0.2) is 11.6 Å². The minimum absolute atomic E-state index is 0.365. The highest BCUT2D eigenvalue weighted by Gasteiger charge is 2.19. The van der Waals surface area contributed by atoms with Crippen molar-refractivity contribution < 1.29 is 4.52 Å². The second kappa shape index (κ2) is 4.53. The molecular formula is C14H12N4O. The lowest BCUT2D eigenvalue weighted by Crippen LogP contribution is -1.90. The maximum Gasteiger partial charge on any atom is 0.178 e. The molecule has 0 saturated heterocycles. The zero-order valence-corrected chi connectivity index (χ0v) is 10.4. The maximum absolute atomic E-state index is 5.92. The van der Waals surface area contributed by atoms with E-state index in [1.807, 2.05) is 31.2 Å². The summed E-state index contributed by atoms with van der Waals surface area (Å²) >= 11 is 0. The summed E-state index contributed by atoms with van der Waals surface area (Å²) in [5.41, 5.74) is 9.37. The van der Waals surface area contributed by atoms with Gasteiger partial charge >= 0.3 is 0 Å². The third kappa shape index (κ3) is 1.95. The average Bonchev–Trinajstić information content (AvgIpc) is 2.82. The lowest BCUT2D eigenvalue weighted by molar-refractivity contribution is 0.435. The van der Waals surface area contributed by atoms with E-state index in [0.717, 1.165) is 22.4 Å². The molecule has 0 aliphatic rings. The first kappa shape index (κ1) is 11.4. The van der Waals surface area contributed by atoms with Gasteiger partial charge in [0.25, 0.3) is 0 Å². The van der Waals surface area contributed by atoms with Crippen LogP contribution in [0.4, 0.5) is 5.82 Å². The molecule has 0 radical (unpaired) electrons. The number of aromatic nitrogens is 3. The van der Waals surface area contributed by atoms with Crippen molar-refractivity contribution in [1.29, 1.82) is 0 Å². The molecule has 0 atom stereocenters. The first-order valence-corrected chi connectivity index (χ1v) is 5.85. The van der Waals surface area contributed by atoms with Gasteiger partial charge in [-0.05, 0) is 36.8 Å². The summed E-state index contributed by atoms with van der Waals surface area (Å²) in [6.07, 6.45) is 5.16. The number of hydrogen-bond acceptors (Lipinski definition) is 5. The van der Waals surface area contributed by atoms with Gasteiger partial charge in [0, 0.05) is 29.8 Å². The molecule has 0 bridgehead atoms. The lowest BCUT2D eigenvalue weighted by Gasteiger charge is -2.04. The van der Waals surface area contributed by atoms with Crippen LogP contribution >= 0.6 is 0 Å². The van der Waals surface area contributed by atoms with Crippen LogP contribution in [0.25, 0.3) is 22.5 Å². The first-order valence-electron chi connectivity index (χ1n) is 5.85. The fraction of sp³-hybridized carbons (Fsp3) is 0.0714. The van der Waals surface area contributed by atoms with Gasteiger partial charge in [-0.15, -0.1) is 0 Å². The molecule has 5 nitrogen and oxygen atoms in total. The summed E-state index contributed by atoms with van der Waals surface area (Å²) in [6.45, 7) is 1.92. The van der Waals surface area contributed by atoms with Crippen molar-refractivity contribution in [3.05, 3.63) is 48.5 Å². The summed E-state index contributed by atoms with van der Waals surface area (Å²) < 4.78 is 5.38. The van der Waals surface area contributed by atoms with Crippen molar-refractivity contribution in [2.45, 2.75) is 6.92 Å². The van der Waals surface area contributed by atoms with Gasteiger partial charge in [-0.3, -0.25) is 9.97 Å². The van der Waals surface area contributed by atoms with Crippen LogP contribution in [-0.4, -0.2) is 15.1 Å². The highest BCUT2D eigenvalue weighted by molar-refractivity contribution is 5.86. The van der Waals surface area contributed by atoms with Crippen LogP contribution in [0.2, 0.25) is 0 Å².